The Balaban J connectivity index is 2.38. The monoisotopic (exact) mass is 318 g/mol. The summed E-state index contributed by atoms with van der Waals surface area (Å²) in [5.74, 6) is -1.64. The maximum atomic E-state index is 12.5. The van der Waals surface area contributed by atoms with Gasteiger partial charge < -0.3 is 5.11 Å². The predicted octanol–water partition coefficient (Wildman–Crippen LogP) is 1.31. The van der Waals surface area contributed by atoms with Crippen molar-refractivity contribution in [2.45, 2.75) is 5.60 Å². The molecule has 0 heterocycles. The van der Waals surface area contributed by atoms with Gasteiger partial charge in [0.2, 0.25) is 0 Å². The minimum absolute atomic E-state index is 0.296. The molecule has 0 aliphatic carbocycles. The topological polar surface area (TPSA) is 78.4 Å². The van der Waals surface area contributed by atoms with Gasteiger partial charge in [-0.2, -0.15) is 0 Å². The zero-order valence-electron chi connectivity index (χ0n) is 11.6. The number of benzene rings is 2. The fraction of sp³-hybridized carbons (Fsp3) is 0.125. The first-order chi connectivity index (χ1) is 10.6. The molecule has 2 aromatic carbocycles. The zero-order valence-corrected chi connectivity index (χ0v) is 12.4. The van der Waals surface area contributed by atoms with Crippen LogP contribution in [0.1, 0.15) is 11.1 Å². The second-order valence-electron chi connectivity index (χ2n) is 4.58. The second kappa shape index (κ2) is 7.06. The highest BCUT2D eigenvalue weighted by Gasteiger charge is 2.40. The van der Waals surface area contributed by atoms with Gasteiger partial charge in [-0.3, -0.25) is 20.4 Å². The molecule has 114 valence electrons. The summed E-state index contributed by atoms with van der Waals surface area (Å²) in [4.78, 5) is 23.6. The van der Waals surface area contributed by atoms with Crippen molar-refractivity contribution in [2.24, 2.45) is 0 Å². The highest BCUT2D eigenvalue weighted by Crippen LogP contribution is 2.29. The van der Waals surface area contributed by atoms with Crippen molar-refractivity contribution in [3.8, 4) is 0 Å². The van der Waals surface area contributed by atoms with Gasteiger partial charge in [0.25, 0.3) is 11.8 Å². The molecule has 0 spiro atoms. The molecule has 3 N–H and O–H groups in total. The number of rotatable bonds is 4. The smallest absolute Gasteiger partial charge is 0.279 e. The van der Waals surface area contributed by atoms with Crippen molar-refractivity contribution in [3.05, 3.63) is 71.8 Å². The molecule has 0 saturated heterocycles. The number of alkyl halides is 1. The van der Waals surface area contributed by atoms with Crippen LogP contribution in [0, 0.1) is 0 Å². The molecule has 0 saturated carbocycles. The Hall–Kier alpha value is -2.37. The second-order valence-corrected chi connectivity index (χ2v) is 4.85. The Bertz CT molecular complexity index is 607. The number of nitrogens with one attached hydrogen (secondary N) is 2. The van der Waals surface area contributed by atoms with E-state index in [-0.39, 0.29) is 5.88 Å². The van der Waals surface area contributed by atoms with Crippen LogP contribution in [-0.2, 0) is 15.2 Å². The minimum atomic E-state index is -1.93. The Kier molecular flexibility index (Phi) is 5.14. The fourth-order valence-electron chi connectivity index (χ4n) is 2.04. The number of halogens is 1. The Labute approximate surface area is 132 Å². The molecule has 2 rings (SSSR count). The van der Waals surface area contributed by atoms with Gasteiger partial charge >= 0.3 is 0 Å². The highest BCUT2D eigenvalue weighted by molar-refractivity contribution is 6.27. The van der Waals surface area contributed by atoms with Crippen LogP contribution in [0.5, 0.6) is 0 Å². The number of hydrogen-bond donors (Lipinski definition) is 3. The van der Waals surface area contributed by atoms with Crippen molar-refractivity contribution >= 4 is 23.4 Å². The van der Waals surface area contributed by atoms with Crippen molar-refractivity contribution in [3.63, 3.8) is 0 Å². The lowest BCUT2D eigenvalue weighted by molar-refractivity contribution is -0.140. The summed E-state index contributed by atoms with van der Waals surface area (Å²) in [5, 5.41) is 11.0. The lowest BCUT2D eigenvalue weighted by atomic mass is 9.85. The standard InChI is InChI=1S/C16H15ClN2O3/c17-11-14(20)18-19-15(21)16(22,12-7-3-1-4-8-12)13-9-5-2-6-10-13/h1-10,22H,11H2,(H,18,20)(H,19,21). The summed E-state index contributed by atoms with van der Waals surface area (Å²) >= 11 is 5.36. The van der Waals surface area contributed by atoms with Crippen LogP contribution in [0.15, 0.2) is 60.7 Å². The third-order valence-corrected chi connectivity index (χ3v) is 3.39. The molecule has 2 aromatic rings. The van der Waals surface area contributed by atoms with Crippen molar-refractivity contribution in [1.82, 2.24) is 10.9 Å². The van der Waals surface area contributed by atoms with Gasteiger partial charge in [-0.1, -0.05) is 60.7 Å². The summed E-state index contributed by atoms with van der Waals surface area (Å²) in [6.07, 6.45) is 0. The van der Waals surface area contributed by atoms with Gasteiger partial charge in [0, 0.05) is 0 Å². The van der Waals surface area contributed by atoms with Gasteiger partial charge in [-0.25, -0.2) is 0 Å². The normalized spacial score (nSPS) is 10.8. The molecule has 0 bridgehead atoms. The van der Waals surface area contributed by atoms with E-state index in [0.29, 0.717) is 11.1 Å². The van der Waals surface area contributed by atoms with Gasteiger partial charge in [0.05, 0.1) is 0 Å². The van der Waals surface area contributed by atoms with Gasteiger partial charge in [0.1, 0.15) is 5.88 Å². The zero-order chi connectivity index (χ0) is 16.0. The van der Waals surface area contributed by atoms with Crippen LogP contribution in [-0.4, -0.2) is 22.8 Å². The SMILES string of the molecule is O=C(CCl)NNC(=O)C(O)(c1ccccc1)c1ccccc1. The summed E-state index contributed by atoms with van der Waals surface area (Å²) in [6.45, 7) is 0. The Morgan fingerprint density at radius 1 is 0.909 bits per heavy atom. The molecule has 5 nitrogen and oxygen atoms in total. The molecule has 0 aliphatic heterocycles. The van der Waals surface area contributed by atoms with Crippen molar-refractivity contribution in [1.29, 1.82) is 0 Å². The summed E-state index contributed by atoms with van der Waals surface area (Å²) in [6, 6.07) is 17.0. The van der Waals surface area contributed by atoms with Crippen molar-refractivity contribution in [2.75, 3.05) is 5.88 Å². The van der Waals surface area contributed by atoms with Crippen LogP contribution in [0.25, 0.3) is 0 Å². The van der Waals surface area contributed by atoms with Gasteiger partial charge in [0.15, 0.2) is 5.60 Å². The third kappa shape index (κ3) is 3.27. The van der Waals surface area contributed by atoms with Crippen LogP contribution in [0.3, 0.4) is 0 Å². The van der Waals surface area contributed by atoms with Gasteiger partial charge in [-0.05, 0) is 11.1 Å². The fourth-order valence-corrected chi connectivity index (χ4v) is 2.10. The quantitative estimate of drug-likeness (QED) is 0.587. The molecule has 0 aromatic heterocycles. The van der Waals surface area contributed by atoms with E-state index < -0.39 is 17.4 Å². The molecule has 0 aliphatic rings. The Morgan fingerprint density at radius 2 is 1.36 bits per heavy atom. The van der Waals surface area contributed by atoms with E-state index in [1.165, 1.54) is 0 Å². The molecule has 0 unspecified atom stereocenters. The van der Waals surface area contributed by atoms with Crippen molar-refractivity contribution < 1.29 is 14.7 Å². The highest BCUT2D eigenvalue weighted by atomic mass is 35.5. The predicted molar refractivity (Wildman–Crippen MR) is 82.9 cm³/mol. The van der Waals surface area contributed by atoms with Gasteiger partial charge in [-0.15, -0.1) is 11.6 Å². The first-order valence-corrected chi connectivity index (χ1v) is 7.11. The molecule has 6 heteroatoms. The molecule has 0 fully saturated rings. The van der Waals surface area contributed by atoms with E-state index in [1.807, 2.05) is 0 Å². The average molecular weight is 319 g/mol. The lowest BCUT2D eigenvalue weighted by Gasteiger charge is -2.28. The first-order valence-electron chi connectivity index (χ1n) is 6.57. The van der Waals surface area contributed by atoms with E-state index in [9.17, 15) is 14.7 Å². The minimum Gasteiger partial charge on any atom is -0.372 e. The molecule has 2 amide bonds. The van der Waals surface area contributed by atoms with Crippen LogP contribution < -0.4 is 10.9 Å². The van der Waals surface area contributed by atoms with Crippen LogP contribution >= 0.6 is 11.6 Å². The largest absolute Gasteiger partial charge is 0.372 e. The maximum absolute atomic E-state index is 12.5. The number of hydrogen-bond acceptors (Lipinski definition) is 3. The average Bonchev–Trinajstić information content (AvgIpc) is 2.60. The maximum Gasteiger partial charge on any atom is 0.279 e. The number of hydrazine groups is 1. The van der Waals surface area contributed by atoms with E-state index in [4.69, 9.17) is 11.6 Å². The molecular weight excluding hydrogens is 304 g/mol. The lowest BCUT2D eigenvalue weighted by Crippen LogP contribution is -2.52. The number of carbonyl (C=O) groups is 2. The summed E-state index contributed by atoms with van der Waals surface area (Å²) in [5.41, 5.74) is 3.19. The number of aliphatic hydroxyl groups is 1. The molecule has 22 heavy (non-hydrogen) atoms. The number of amides is 2. The summed E-state index contributed by atoms with van der Waals surface area (Å²) in [7, 11) is 0. The molecule has 0 radical (unpaired) electrons. The summed E-state index contributed by atoms with van der Waals surface area (Å²) < 4.78 is 0. The van der Waals surface area contributed by atoms with E-state index >= 15 is 0 Å². The van der Waals surface area contributed by atoms with E-state index in [2.05, 4.69) is 10.9 Å². The Morgan fingerprint density at radius 3 is 1.77 bits per heavy atom. The first kappa shape index (κ1) is 16.0. The van der Waals surface area contributed by atoms with E-state index in [1.54, 1.807) is 60.7 Å². The molecular formula is C16H15ClN2O3. The van der Waals surface area contributed by atoms with E-state index in [0.717, 1.165) is 0 Å². The third-order valence-electron chi connectivity index (χ3n) is 3.15. The number of carbonyl (C=O) groups excluding carboxylic acids is 2. The molecule has 0 atom stereocenters. The van der Waals surface area contributed by atoms with Crippen LogP contribution in [0.4, 0.5) is 0 Å². The van der Waals surface area contributed by atoms with Crippen LogP contribution in [0.2, 0.25) is 0 Å².